The molecule has 19 heavy (non-hydrogen) atoms. The van der Waals surface area contributed by atoms with Gasteiger partial charge in [0.2, 0.25) is 0 Å². The Bertz CT molecular complexity index is 589. The molecular weight excluding hydrogens is 370 g/mol. The molecule has 3 rings (SSSR count). The monoisotopic (exact) mass is 385 g/mol. The van der Waals surface area contributed by atoms with Crippen LogP contribution in [0.1, 0.15) is 38.0 Å². The zero-order valence-electron chi connectivity index (χ0n) is 10.9. The van der Waals surface area contributed by atoms with Crippen molar-refractivity contribution in [2.24, 2.45) is 5.92 Å². The van der Waals surface area contributed by atoms with Gasteiger partial charge in [-0.25, -0.2) is 0 Å². The van der Waals surface area contributed by atoms with Crippen LogP contribution < -0.4 is 5.32 Å². The molecule has 1 aliphatic rings. The standard InChI is InChI=1S/C15H17Br2NO/c1-2-5-18-14(9-3-4-9)13-7-10-6-11(16)8-12(17)15(10)19-13/h6-9,14,18H,2-5H2,1H3. The van der Waals surface area contributed by atoms with Crippen LogP contribution in [0.5, 0.6) is 0 Å². The first-order chi connectivity index (χ1) is 9.19. The lowest BCUT2D eigenvalue weighted by Gasteiger charge is -2.14. The smallest absolute Gasteiger partial charge is 0.148 e. The number of fused-ring (bicyclic) bond motifs is 1. The van der Waals surface area contributed by atoms with Gasteiger partial charge in [-0.2, -0.15) is 0 Å². The lowest BCUT2D eigenvalue weighted by Crippen LogP contribution is -2.23. The van der Waals surface area contributed by atoms with Crippen molar-refractivity contribution in [2.45, 2.75) is 32.2 Å². The third-order valence-electron chi connectivity index (χ3n) is 3.57. The molecule has 1 heterocycles. The summed E-state index contributed by atoms with van der Waals surface area (Å²) in [5.41, 5.74) is 0.946. The largest absolute Gasteiger partial charge is 0.458 e. The van der Waals surface area contributed by atoms with Crippen molar-refractivity contribution in [2.75, 3.05) is 6.54 Å². The van der Waals surface area contributed by atoms with Crippen LogP contribution >= 0.6 is 31.9 Å². The quantitative estimate of drug-likeness (QED) is 0.743. The van der Waals surface area contributed by atoms with Gasteiger partial charge in [0.05, 0.1) is 10.5 Å². The molecule has 1 aromatic carbocycles. The van der Waals surface area contributed by atoms with Crippen molar-refractivity contribution in [3.05, 3.63) is 32.9 Å². The van der Waals surface area contributed by atoms with Crippen LogP contribution in [0.15, 0.2) is 31.6 Å². The predicted octanol–water partition coefficient (Wildman–Crippen LogP) is 5.41. The molecule has 2 aromatic rings. The highest BCUT2D eigenvalue weighted by molar-refractivity contribution is 9.11. The molecule has 1 aliphatic carbocycles. The summed E-state index contributed by atoms with van der Waals surface area (Å²) in [6, 6.07) is 6.69. The Hall–Kier alpha value is -0.320. The molecule has 102 valence electrons. The Kier molecular flexibility index (Phi) is 4.01. The molecule has 0 aliphatic heterocycles. The number of furan rings is 1. The van der Waals surface area contributed by atoms with Gasteiger partial charge in [-0.15, -0.1) is 0 Å². The van der Waals surface area contributed by atoms with Crippen LogP contribution in [-0.2, 0) is 0 Å². The first-order valence-corrected chi connectivity index (χ1v) is 8.39. The zero-order chi connectivity index (χ0) is 13.4. The molecule has 1 N–H and O–H groups in total. The molecule has 2 nitrogen and oxygen atoms in total. The number of hydrogen-bond donors (Lipinski definition) is 1. The second-order valence-electron chi connectivity index (χ2n) is 5.22. The second kappa shape index (κ2) is 5.58. The van der Waals surface area contributed by atoms with Crippen LogP contribution in [-0.4, -0.2) is 6.54 Å². The van der Waals surface area contributed by atoms with E-state index in [0.29, 0.717) is 6.04 Å². The van der Waals surface area contributed by atoms with Gasteiger partial charge >= 0.3 is 0 Å². The molecule has 1 aromatic heterocycles. The first kappa shape index (κ1) is 13.7. The van der Waals surface area contributed by atoms with Crippen LogP contribution in [0, 0.1) is 5.92 Å². The van der Waals surface area contributed by atoms with E-state index >= 15 is 0 Å². The highest BCUT2D eigenvalue weighted by Crippen LogP contribution is 2.43. The predicted molar refractivity (Wildman–Crippen MR) is 85.4 cm³/mol. The number of rotatable bonds is 5. The van der Waals surface area contributed by atoms with Gasteiger partial charge in [0.15, 0.2) is 0 Å². The Labute approximate surface area is 130 Å². The third kappa shape index (κ3) is 2.91. The summed E-state index contributed by atoms with van der Waals surface area (Å²) in [7, 11) is 0. The summed E-state index contributed by atoms with van der Waals surface area (Å²) < 4.78 is 8.16. The van der Waals surface area contributed by atoms with Gasteiger partial charge < -0.3 is 9.73 Å². The molecular formula is C15H17Br2NO. The maximum atomic E-state index is 6.08. The minimum Gasteiger partial charge on any atom is -0.458 e. The number of hydrogen-bond acceptors (Lipinski definition) is 2. The van der Waals surface area contributed by atoms with Crippen molar-refractivity contribution in [3.8, 4) is 0 Å². The molecule has 1 unspecified atom stereocenters. The van der Waals surface area contributed by atoms with E-state index in [0.717, 1.165) is 44.6 Å². The van der Waals surface area contributed by atoms with Crippen molar-refractivity contribution in [1.29, 1.82) is 0 Å². The van der Waals surface area contributed by atoms with Gasteiger partial charge in [-0.1, -0.05) is 22.9 Å². The molecule has 1 fully saturated rings. The van der Waals surface area contributed by atoms with Crippen molar-refractivity contribution >= 4 is 42.8 Å². The summed E-state index contributed by atoms with van der Waals surface area (Å²) in [6.45, 7) is 3.24. The van der Waals surface area contributed by atoms with Gasteiger partial charge in [0.25, 0.3) is 0 Å². The summed E-state index contributed by atoms with van der Waals surface area (Å²) in [5, 5.41) is 4.77. The van der Waals surface area contributed by atoms with Crippen LogP contribution in [0.3, 0.4) is 0 Å². The Morgan fingerprint density at radius 2 is 2.11 bits per heavy atom. The molecule has 0 radical (unpaired) electrons. The topological polar surface area (TPSA) is 25.2 Å². The van der Waals surface area contributed by atoms with E-state index in [1.807, 2.05) is 6.07 Å². The Morgan fingerprint density at radius 3 is 2.79 bits per heavy atom. The average molecular weight is 387 g/mol. The number of benzene rings is 1. The fourth-order valence-electron chi connectivity index (χ4n) is 2.48. The van der Waals surface area contributed by atoms with Crippen LogP contribution in [0.2, 0.25) is 0 Å². The van der Waals surface area contributed by atoms with Gasteiger partial charge in [-0.3, -0.25) is 0 Å². The average Bonchev–Trinajstić information content (AvgIpc) is 3.10. The Balaban J connectivity index is 1.96. The minimum atomic E-state index is 0.373. The fourth-order valence-corrected chi connectivity index (χ4v) is 3.82. The van der Waals surface area contributed by atoms with Crippen LogP contribution in [0.4, 0.5) is 0 Å². The summed E-state index contributed by atoms with van der Waals surface area (Å²) in [6.07, 6.45) is 3.77. The lowest BCUT2D eigenvalue weighted by molar-refractivity contribution is 0.396. The maximum absolute atomic E-state index is 6.08. The highest BCUT2D eigenvalue weighted by Gasteiger charge is 2.34. The van der Waals surface area contributed by atoms with Crippen molar-refractivity contribution < 1.29 is 4.42 Å². The van der Waals surface area contributed by atoms with E-state index in [4.69, 9.17) is 4.42 Å². The second-order valence-corrected chi connectivity index (χ2v) is 6.99. The van der Waals surface area contributed by atoms with Gasteiger partial charge in [0.1, 0.15) is 11.3 Å². The molecule has 1 atom stereocenters. The fraction of sp³-hybridized carbons (Fsp3) is 0.467. The zero-order valence-corrected chi connectivity index (χ0v) is 14.1. The number of nitrogens with one attached hydrogen (secondary N) is 1. The SMILES string of the molecule is CCCNC(c1cc2cc(Br)cc(Br)c2o1)C1CC1. The van der Waals surface area contributed by atoms with E-state index in [9.17, 15) is 0 Å². The minimum absolute atomic E-state index is 0.373. The molecule has 0 saturated heterocycles. The summed E-state index contributed by atoms with van der Waals surface area (Å²) in [4.78, 5) is 0. The first-order valence-electron chi connectivity index (χ1n) is 6.81. The van der Waals surface area contributed by atoms with Crippen molar-refractivity contribution in [3.63, 3.8) is 0 Å². The molecule has 1 saturated carbocycles. The van der Waals surface area contributed by atoms with E-state index in [1.54, 1.807) is 0 Å². The van der Waals surface area contributed by atoms with E-state index in [1.165, 1.54) is 12.8 Å². The molecule has 4 heteroatoms. The Morgan fingerprint density at radius 1 is 1.32 bits per heavy atom. The van der Waals surface area contributed by atoms with Gasteiger partial charge in [-0.05, 0) is 65.9 Å². The summed E-state index contributed by atoms with van der Waals surface area (Å²) >= 11 is 7.10. The third-order valence-corrected chi connectivity index (χ3v) is 4.62. The summed E-state index contributed by atoms with van der Waals surface area (Å²) in [5.74, 6) is 1.82. The van der Waals surface area contributed by atoms with E-state index < -0.39 is 0 Å². The van der Waals surface area contributed by atoms with Crippen molar-refractivity contribution in [1.82, 2.24) is 5.32 Å². The molecule has 0 spiro atoms. The number of halogens is 2. The normalized spacial score (nSPS) is 17.0. The molecule has 0 bridgehead atoms. The molecule has 0 amide bonds. The lowest BCUT2D eigenvalue weighted by atomic mass is 10.1. The highest BCUT2D eigenvalue weighted by atomic mass is 79.9. The van der Waals surface area contributed by atoms with Crippen LogP contribution in [0.25, 0.3) is 11.0 Å². The maximum Gasteiger partial charge on any atom is 0.148 e. The van der Waals surface area contributed by atoms with Gasteiger partial charge in [0, 0.05) is 9.86 Å². The van der Waals surface area contributed by atoms with E-state index in [-0.39, 0.29) is 0 Å². The van der Waals surface area contributed by atoms with E-state index in [2.05, 4.69) is 56.2 Å².